The van der Waals surface area contributed by atoms with Gasteiger partial charge < -0.3 is 20.2 Å². The minimum absolute atomic E-state index is 0.143. The van der Waals surface area contributed by atoms with Crippen LogP contribution in [0.2, 0.25) is 0 Å². The number of rotatable bonds is 5. The number of carboxylic acid groups (broad SMARTS) is 1. The molecule has 1 aromatic carbocycles. The first-order valence-corrected chi connectivity index (χ1v) is 8.11. The molecule has 2 aliphatic heterocycles. The molecule has 25 heavy (non-hydrogen) atoms. The van der Waals surface area contributed by atoms with E-state index in [1.807, 2.05) is 30.3 Å². The Hall–Kier alpha value is -2.90. The standard InChI is InChI=1S/C17H19N3O5/c21-14-7-6-13(20(14)8-11-4-2-1-3-5-11)15(22)16(23)18-12-9-19(10-12)17(24)25/h1-5,12-13H,6-10H2,(H,18,23)(H,24,25)/t13-/m1/s1. The van der Waals surface area contributed by atoms with Crippen LogP contribution in [0, 0.1) is 0 Å². The van der Waals surface area contributed by atoms with E-state index in [1.54, 1.807) is 0 Å². The van der Waals surface area contributed by atoms with Gasteiger partial charge in [0.05, 0.1) is 6.04 Å². The van der Waals surface area contributed by atoms with Crippen LogP contribution in [0.3, 0.4) is 0 Å². The largest absolute Gasteiger partial charge is 0.465 e. The minimum Gasteiger partial charge on any atom is -0.465 e. The second-order valence-corrected chi connectivity index (χ2v) is 6.28. The Morgan fingerprint density at radius 1 is 1.16 bits per heavy atom. The Balaban J connectivity index is 1.59. The number of ketones is 1. The Labute approximate surface area is 144 Å². The highest BCUT2D eigenvalue weighted by atomic mass is 16.4. The van der Waals surface area contributed by atoms with E-state index in [1.165, 1.54) is 4.90 Å². The summed E-state index contributed by atoms with van der Waals surface area (Å²) < 4.78 is 0. The molecule has 0 aliphatic carbocycles. The fourth-order valence-electron chi connectivity index (χ4n) is 3.12. The molecule has 2 aliphatic rings. The van der Waals surface area contributed by atoms with Crippen molar-refractivity contribution in [3.8, 4) is 0 Å². The van der Waals surface area contributed by atoms with Crippen LogP contribution in [0.4, 0.5) is 4.79 Å². The van der Waals surface area contributed by atoms with Crippen molar-refractivity contribution in [2.24, 2.45) is 0 Å². The lowest BCUT2D eigenvalue weighted by molar-refractivity contribution is -0.143. The minimum atomic E-state index is -1.05. The molecule has 0 aromatic heterocycles. The smallest absolute Gasteiger partial charge is 0.407 e. The Bertz CT molecular complexity index is 699. The Morgan fingerprint density at radius 2 is 1.84 bits per heavy atom. The third-order valence-corrected chi connectivity index (χ3v) is 4.54. The van der Waals surface area contributed by atoms with Gasteiger partial charge in [0.2, 0.25) is 11.7 Å². The van der Waals surface area contributed by atoms with Crippen molar-refractivity contribution in [2.75, 3.05) is 13.1 Å². The Kier molecular flexibility index (Phi) is 4.69. The molecule has 2 heterocycles. The van der Waals surface area contributed by atoms with Gasteiger partial charge in [-0.05, 0) is 12.0 Å². The fourth-order valence-corrected chi connectivity index (χ4v) is 3.12. The van der Waals surface area contributed by atoms with Crippen molar-refractivity contribution in [1.29, 1.82) is 0 Å². The Morgan fingerprint density at radius 3 is 2.48 bits per heavy atom. The van der Waals surface area contributed by atoms with Crippen molar-refractivity contribution in [2.45, 2.75) is 31.5 Å². The van der Waals surface area contributed by atoms with Crippen molar-refractivity contribution in [3.05, 3.63) is 35.9 Å². The van der Waals surface area contributed by atoms with Crippen LogP contribution in [0.5, 0.6) is 0 Å². The number of likely N-dealkylation sites (tertiary alicyclic amines) is 2. The lowest BCUT2D eigenvalue weighted by Gasteiger charge is -2.37. The zero-order valence-electron chi connectivity index (χ0n) is 13.6. The summed E-state index contributed by atoms with van der Waals surface area (Å²) in [4.78, 5) is 50.0. The summed E-state index contributed by atoms with van der Waals surface area (Å²) in [5.74, 6) is -1.54. The zero-order valence-corrected chi connectivity index (χ0v) is 13.6. The van der Waals surface area contributed by atoms with Crippen LogP contribution >= 0.6 is 0 Å². The van der Waals surface area contributed by atoms with Crippen LogP contribution in [-0.2, 0) is 20.9 Å². The number of nitrogens with one attached hydrogen (secondary N) is 1. The maximum Gasteiger partial charge on any atom is 0.407 e. The van der Waals surface area contributed by atoms with Gasteiger partial charge in [-0.25, -0.2) is 4.79 Å². The van der Waals surface area contributed by atoms with Gasteiger partial charge >= 0.3 is 6.09 Å². The second-order valence-electron chi connectivity index (χ2n) is 6.28. The van der Waals surface area contributed by atoms with E-state index >= 15 is 0 Å². The molecule has 0 unspecified atom stereocenters. The van der Waals surface area contributed by atoms with E-state index in [2.05, 4.69) is 5.32 Å². The SMILES string of the molecule is O=C(NC1CN(C(=O)O)C1)C(=O)[C@H]1CCC(=O)N1Cc1ccccc1. The van der Waals surface area contributed by atoms with Gasteiger partial charge in [-0.1, -0.05) is 30.3 Å². The first-order chi connectivity index (χ1) is 12.0. The third kappa shape index (κ3) is 3.62. The highest BCUT2D eigenvalue weighted by Gasteiger charge is 2.40. The number of carbonyl (C=O) groups is 4. The summed E-state index contributed by atoms with van der Waals surface area (Å²) in [6.07, 6.45) is -0.483. The number of Topliss-reactive ketones (excluding diaryl/α,β-unsaturated/α-hetero) is 1. The molecule has 0 spiro atoms. The molecule has 2 saturated heterocycles. The summed E-state index contributed by atoms with van der Waals surface area (Å²) in [5, 5.41) is 11.3. The molecule has 8 heteroatoms. The lowest BCUT2D eigenvalue weighted by Crippen LogP contribution is -2.62. The average Bonchev–Trinajstić information content (AvgIpc) is 2.91. The molecule has 0 saturated carbocycles. The number of nitrogens with zero attached hydrogens (tertiary/aromatic N) is 2. The second kappa shape index (κ2) is 6.92. The number of amides is 3. The molecular formula is C17H19N3O5. The summed E-state index contributed by atoms with van der Waals surface area (Å²) in [7, 11) is 0. The zero-order chi connectivity index (χ0) is 18.0. The van der Waals surface area contributed by atoms with Gasteiger partial charge in [-0.2, -0.15) is 0 Å². The maximum absolute atomic E-state index is 12.4. The summed E-state index contributed by atoms with van der Waals surface area (Å²) in [6, 6.07) is 8.18. The highest BCUT2D eigenvalue weighted by Crippen LogP contribution is 2.22. The van der Waals surface area contributed by atoms with Crippen molar-refractivity contribution >= 4 is 23.7 Å². The van der Waals surface area contributed by atoms with Crippen LogP contribution < -0.4 is 5.32 Å². The number of carbonyl (C=O) groups excluding carboxylic acids is 3. The molecule has 1 aromatic rings. The molecule has 3 rings (SSSR count). The normalized spacial score (nSPS) is 20.3. The van der Waals surface area contributed by atoms with E-state index in [4.69, 9.17) is 5.11 Å². The average molecular weight is 345 g/mol. The molecule has 2 fully saturated rings. The van der Waals surface area contributed by atoms with Gasteiger partial charge in [0.25, 0.3) is 5.91 Å². The molecule has 3 amide bonds. The van der Waals surface area contributed by atoms with E-state index in [0.717, 1.165) is 10.5 Å². The van der Waals surface area contributed by atoms with E-state index in [0.29, 0.717) is 13.0 Å². The summed E-state index contributed by atoms with van der Waals surface area (Å²) in [6.45, 7) is 0.636. The predicted molar refractivity (Wildman–Crippen MR) is 86.5 cm³/mol. The van der Waals surface area contributed by atoms with E-state index in [-0.39, 0.29) is 31.5 Å². The van der Waals surface area contributed by atoms with Gasteiger partial charge in [0.15, 0.2) is 0 Å². The monoisotopic (exact) mass is 345 g/mol. The van der Waals surface area contributed by atoms with Crippen molar-refractivity contribution in [3.63, 3.8) is 0 Å². The molecule has 8 nitrogen and oxygen atoms in total. The van der Waals surface area contributed by atoms with Crippen LogP contribution in [0.1, 0.15) is 18.4 Å². The van der Waals surface area contributed by atoms with Gasteiger partial charge in [-0.3, -0.25) is 14.4 Å². The van der Waals surface area contributed by atoms with Crippen LogP contribution in [0.25, 0.3) is 0 Å². The van der Waals surface area contributed by atoms with Gasteiger partial charge in [-0.15, -0.1) is 0 Å². The first kappa shape index (κ1) is 16.9. The fraction of sp³-hybridized carbons (Fsp3) is 0.412. The predicted octanol–water partition coefficient (Wildman–Crippen LogP) is 0.225. The number of hydrogen-bond acceptors (Lipinski definition) is 4. The summed E-state index contributed by atoms with van der Waals surface area (Å²) >= 11 is 0. The molecular weight excluding hydrogens is 326 g/mol. The maximum atomic E-state index is 12.4. The molecule has 0 radical (unpaired) electrons. The molecule has 0 bridgehead atoms. The molecule has 2 N–H and O–H groups in total. The number of hydrogen-bond donors (Lipinski definition) is 2. The van der Waals surface area contributed by atoms with Gasteiger partial charge in [0.1, 0.15) is 6.04 Å². The molecule has 132 valence electrons. The van der Waals surface area contributed by atoms with Crippen LogP contribution in [-0.4, -0.2) is 63.8 Å². The lowest BCUT2D eigenvalue weighted by atomic mass is 10.1. The van der Waals surface area contributed by atoms with Crippen molar-refractivity contribution in [1.82, 2.24) is 15.1 Å². The first-order valence-electron chi connectivity index (χ1n) is 8.11. The quantitative estimate of drug-likeness (QED) is 0.743. The summed E-state index contributed by atoms with van der Waals surface area (Å²) in [5.41, 5.74) is 0.895. The highest BCUT2D eigenvalue weighted by molar-refractivity contribution is 6.38. The van der Waals surface area contributed by atoms with E-state index < -0.39 is 23.8 Å². The van der Waals surface area contributed by atoms with Crippen molar-refractivity contribution < 1.29 is 24.3 Å². The van der Waals surface area contributed by atoms with Crippen LogP contribution in [0.15, 0.2) is 30.3 Å². The van der Waals surface area contributed by atoms with E-state index in [9.17, 15) is 19.2 Å². The van der Waals surface area contributed by atoms with Gasteiger partial charge in [0, 0.05) is 26.1 Å². The topological polar surface area (TPSA) is 107 Å². The number of benzene rings is 1. The third-order valence-electron chi connectivity index (χ3n) is 4.54. The molecule has 1 atom stereocenters.